The highest BCUT2D eigenvalue weighted by Gasteiger charge is 2.06. The van der Waals surface area contributed by atoms with Crippen LogP contribution in [0.25, 0.3) is 0 Å². The van der Waals surface area contributed by atoms with Crippen molar-refractivity contribution < 1.29 is 14.9 Å². The van der Waals surface area contributed by atoms with Gasteiger partial charge in [-0.15, -0.1) is 0 Å². The van der Waals surface area contributed by atoms with Crippen LogP contribution in [0.15, 0.2) is 0 Å². The van der Waals surface area contributed by atoms with Crippen LogP contribution in [0.4, 0.5) is 0 Å². The van der Waals surface area contributed by atoms with Crippen molar-refractivity contribution in [3.05, 3.63) is 0 Å². The van der Waals surface area contributed by atoms with E-state index < -0.39 is 12.2 Å². The predicted molar refractivity (Wildman–Crippen MR) is 59.9 cm³/mol. The minimum Gasteiger partial charge on any atom is -0.389 e. The molecule has 0 rings (SSSR count). The molecule has 4 N–H and O–H groups in total. The van der Waals surface area contributed by atoms with Crippen molar-refractivity contribution in [2.75, 3.05) is 39.4 Å². The first-order valence-electron chi connectivity index (χ1n) is 5.56. The second-order valence-corrected chi connectivity index (χ2v) is 3.46. The first kappa shape index (κ1) is 14.8. The van der Waals surface area contributed by atoms with Crippen molar-refractivity contribution in [3.63, 3.8) is 0 Å². The van der Waals surface area contributed by atoms with Gasteiger partial charge in [0, 0.05) is 13.1 Å². The molecular formula is C10H24N2O3. The van der Waals surface area contributed by atoms with Crippen LogP contribution in [-0.4, -0.2) is 61.8 Å². The van der Waals surface area contributed by atoms with E-state index in [1.54, 1.807) is 0 Å². The smallest absolute Gasteiger partial charge is 0.0897 e. The Balaban J connectivity index is 3.27. The zero-order chi connectivity index (χ0) is 11.5. The quantitative estimate of drug-likeness (QED) is 0.378. The van der Waals surface area contributed by atoms with Crippen LogP contribution in [0, 0.1) is 0 Å². The molecule has 0 aromatic rings. The molecule has 0 spiro atoms. The summed E-state index contributed by atoms with van der Waals surface area (Å²) in [6.07, 6.45) is -1.01. The second kappa shape index (κ2) is 10.3. The van der Waals surface area contributed by atoms with Gasteiger partial charge in [0.05, 0.1) is 25.4 Å². The second-order valence-electron chi connectivity index (χ2n) is 3.46. The van der Waals surface area contributed by atoms with Crippen molar-refractivity contribution in [1.29, 1.82) is 0 Å². The van der Waals surface area contributed by atoms with E-state index in [0.29, 0.717) is 13.1 Å². The molecule has 0 amide bonds. The summed E-state index contributed by atoms with van der Waals surface area (Å²) in [5.41, 5.74) is 0. The van der Waals surface area contributed by atoms with E-state index in [1.807, 2.05) is 13.8 Å². The standard InChI is InChI=1S/C10H24N2O3/c1-3-11-5-9(13)7-15-8-10(14)6-12-4-2/h9-14H,3-8H2,1-2H3/t9-,10+. The van der Waals surface area contributed by atoms with E-state index in [4.69, 9.17) is 4.74 Å². The van der Waals surface area contributed by atoms with Gasteiger partial charge in [-0.25, -0.2) is 0 Å². The Kier molecular flexibility index (Phi) is 10.2. The molecule has 0 radical (unpaired) electrons. The molecule has 0 aliphatic heterocycles. The van der Waals surface area contributed by atoms with Crippen LogP contribution in [0.3, 0.4) is 0 Å². The molecule has 2 atom stereocenters. The van der Waals surface area contributed by atoms with E-state index in [-0.39, 0.29) is 13.2 Å². The lowest BCUT2D eigenvalue weighted by molar-refractivity contribution is -0.00603. The van der Waals surface area contributed by atoms with E-state index >= 15 is 0 Å². The summed E-state index contributed by atoms with van der Waals surface area (Å²) in [5.74, 6) is 0. The van der Waals surface area contributed by atoms with Gasteiger partial charge in [-0.05, 0) is 13.1 Å². The van der Waals surface area contributed by atoms with Gasteiger partial charge in [-0.1, -0.05) is 13.8 Å². The van der Waals surface area contributed by atoms with Crippen LogP contribution < -0.4 is 10.6 Å². The summed E-state index contributed by atoms with van der Waals surface area (Å²) in [5, 5.41) is 24.8. The fourth-order valence-electron chi connectivity index (χ4n) is 1.08. The summed E-state index contributed by atoms with van der Waals surface area (Å²) in [6, 6.07) is 0. The molecule has 92 valence electrons. The molecule has 0 saturated carbocycles. The summed E-state index contributed by atoms with van der Waals surface area (Å²) in [4.78, 5) is 0. The third-order valence-electron chi connectivity index (χ3n) is 1.88. The lowest BCUT2D eigenvalue weighted by atomic mass is 10.3. The Morgan fingerprint density at radius 1 is 0.933 bits per heavy atom. The van der Waals surface area contributed by atoms with Gasteiger partial charge < -0.3 is 25.6 Å². The first-order valence-corrected chi connectivity index (χ1v) is 5.56. The summed E-state index contributed by atoms with van der Waals surface area (Å²) >= 11 is 0. The SMILES string of the molecule is CCNC[C@@H](O)COC[C@@H](O)CNCC. The number of rotatable bonds is 10. The number of ether oxygens (including phenoxy) is 1. The number of aliphatic hydroxyl groups is 2. The van der Waals surface area contributed by atoms with Crippen molar-refractivity contribution in [1.82, 2.24) is 10.6 Å². The molecule has 0 unspecified atom stereocenters. The average Bonchev–Trinajstić information content (AvgIpc) is 2.23. The minimum absolute atomic E-state index is 0.260. The highest BCUT2D eigenvalue weighted by atomic mass is 16.5. The first-order chi connectivity index (χ1) is 7.20. The maximum absolute atomic E-state index is 9.38. The van der Waals surface area contributed by atoms with Gasteiger partial charge in [0.25, 0.3) is 0 Å². The summed E-state index contributed by atoms with van der Waals surface area (Å²) < 4.78 is 5.17. The molecule has 0 aromatic heterocycles. The Morgan fingerprint density at radius 3 is 1.67 bits per heavy atom. The number of nitrogens with one attached hydrogen (secondary N) is 2. The van der Waals surface area contributed by atoms with E-state index in [0.717, 1.165) is 13.1 Å². The third kappa shape index (κ3) is 10.1. The molecule has 0 bridgehead atoms. The van der Waals surface area contributed by atoms with Crippen LogP contribution in [0.5, 0.6) is 0 Å². The normalized spacial score (nSPS) is 15.2. The molecule has 15 heavy (non-hydrogen) atoms. The summed E-state index contributed by atoms with van der Waals surface area (Å²) in [6.45, 7) is 7.20. The molecule has 5 heteroatoms. The van der Waals surface area contributed by atoms with Gasteiger partial charge in [0.1, 0.15) is 0 Å². The van der Waals surface area contributed by atoms with Crippen LogP contribution >= 0.6 is 0 Å². The monoisotopic (exact) mass is 220 g/mol. The fourth-order valence-corrected chi connectivity index (χ4v) is 1.08. The molecule has 0 saturated heterocycles. The Hall–Kier alpha value is -0.200. The van der Waals surface area contributed by atoms with Gasteiger partial charge in [-0.2, -0.15) is 0 Å². The molecule has 0 aliphatic rings. The number of aliphatic hydroxyl groups excluding tert-OH is 2. The Bertz CT molecular complexity index is 122. The molecule has 0 heterocycles. The fraction of sp³-hybridized carbons (Fsp3) is 1.00. The van der Waals surface area contributed by atoms with Crippen LogP contribution in [0.1, 0.15) is 13.8 Å². The van der Waals surface area contributed by atoms with Crippen LogP contribution in [0.2, 0.25) is 0 Å². The molecule has 5 nitrogen and oxygen atoms in total. The minimum atomic E-state index is -0.503. The molecule has 0 aromatic carbocycles. The van der Waals surface area contributed by atoms with Gasteiger partial charge in [-0.3, -0.25) is 0 Å². The van der Waals surface area contributed by atoms with Crippen molar-refractivity contribution >= 4 is 0 Å². The highest BCUT2D eigenvalue weighted by Crippen LogP contribution is 1.88. The molecular weight excluding hydrogens is 196 g/mol. The maximum Gasteiger partial charge on any atom is 0.0897 e. The number of hydrogen-bond acceptors (Lipinski definition) is 5. The maximum atomic E-state index is 9.38. The zero-order valence-corrected chi connectivity index (χ0v) is 9.70. The van der Waals surface area contributed by atoms with Gasteiger partial charge in [0.2, 0.25) is 0 Å². The average molecular weight is 220 g/mol. The van der Waals surface area contributed by atoms with E-state index in [2.05, 4.69) is 10.6 Å². The van der Waals surface area contributed by atoms with E-state index in [9.17, 15) is 10.2 Å². The number of hydrogen-bond donors (Lipinski definition) is 4. The zero-order valence-electron chi connectivity index (χ0n) is 9.70. The Labute approximate surface area is 91.8 Å². The van der Waals surface area contributed by atoms with Crippen LogP contribution in [-0.2, 0) is 4.74 Å². The number of likely N-dealkylation sites (N-methyl/N-ethyl adjacent to an activating group) is 2. The topological polar surface area (TPSA) is 73.8 Å². The predicted octanol–water partition coefficient (Wildman–Crippen LogP) is -1.06. The van der Waals surface area contributed by atoms with Crippen molar-refractivity contribution in [2.45, 2.75) is 26.1 Å². The highest BCUT2D eigenvalue weighted by molar-refractivity contribution is 4.60. The largest absolute Gasteiger partial charge is 0.389 e. The van der Waals surface area contributed by atoms with Gasteiger partial charge in [0.15, 0.2) is 0 Å². The van der Waals surface area contributed by atoms with Crippen molar-refractivity contribution in [2.24, 2.45) is 0 Å². The lowest BCUT2D eigenvalue weighted by Crippen LogP contribution is -2.34. The summed E-state index contributed by atoms with van der Waals surface area (Å²) in [7, 11) is 0. The van der Waals surface area contributed by atoms with Gasteiger partial charge >= 0.3 is 0 Å². The van der Waals surface area contributed by atoms with E-state index in [1.165, 1.54) is 0 Å². The molecule has 0 aliphatic carbocycles. The molecule has 0 fully saturated rings. The lowest BCUT2D eigenvalue weighted by Gasteiger charge is -2.14. The third-order valence-corrected chi connectivity index (χ3v) is 1.88. The van der Waals surface area contributed by atoms with Crippen molar-refractivity contribution in [3.8, 4) is 0 Å². The Morgan fingerprint density at radius 2 is 1.33 bits per heavy atom.